The van der Waals surface area contributed by atoms with Crippen molar-refractivity contribution < 1.29 is 9.53 Å². The minimum Gasteiger partial charge on any atom is -0.496 e. The van der Waals surface area contributed by atoms with E-state index in [1.54, 1.807) is 23.9 Å². The molecule has 9 heteroatoms. The average Bonchev–Trinajstić information content (AvgIpc) is 3.29. The van der Waals surface area contributed by atoms with Gasteiger partial charge in [-0.3, -0.25) is 14.2 Å². The summed E-state index contributed by atoms with van der Waals surface area (Å²) in [5.74, 6) is 1.36. The predicted octanol–water partition coefficient (Wildman–Crippen LogP) is 4.27. The summed E-state index contributed by atoms with van der Waals surface area (Å²) < 4.78 is 9.42. The van der Waals surface area contributed by atoms with Gasteiger partial charge in [0.15, 0.2) is 4.77 Å². The van der Waals surface area contributed by atoms with Gasteiger partial charge in [0.05, 0.1) is 18.0 Å². The van der Waals surface area contributed by atoms with Crippen LogP contribution in [-0.4, -0.2) is 32.1 Å². The van der Waals surface area contributed by atoms with E-state index in [4.69, 9.17) is 17.0 Å². The van der Waals surface area contributed by atoms with E-state index in [1.165, 1.54) is 0 Å². The molecule has 2 aromatic carbocycles. The van der Waals surface area contributed by atoms with Crippen LogP contribution in [0.25, 0.3) is 10.9 Å². The molecule has 0 aliphatic heterocycles. The summed E-state index contributed by atoms with van der Waals surface area (Å²) in [5.41, 5.74) is 1.51. The number of fused-ring (bicyclic) bond motifs is 1. The van der Waals surface area contributed by atoms with Crippen LogP contribution in [-0.2, 0) is 18.4 Å². The predicted molar refractivity (Wildman–Crippen MR) is 138 cm³/mol. The number of rotatable bonds is 10. The van der Waals surface area contributed by atoms with Gasteiger partial charge in [-0.1, -0.05) is 36.8 Å². The van der Waals surface area contributed by atoms with Crippen LogP contribution in [0.1, 0.15) is 43.1 Å². The molecule has 0 bridgehead atoms. The standard InChI is InChI=1S/C26H29N5O3S/c1-30-17-15-27-24(30)23(19-11-6-8-13-21(19)34-2)29-22(32)14-4-3-9-16-31-25(33)18-10-5-7-12-20(18)28-26(31)35/h5-8,10-13,15,17,23H,3-4,9,14,16H2,1-2H3,(H,28,35)(H,29,32). The maximum Gasteiger partial charge on any atom is 0.262 e. The highest BCUT2D eigenvalue weighted by atomic mass is 32.1. The molecule has 4 rings (SSSR count). The fourth-order valence-corrected chi connectivity index (χ4v) is 4.49. The number of para-hydroxylation sites is 2. The number of aromatic amines is 1. The van der Waals surface area contributed by atoms with Crippen LogP contribution in [0.2, 0.25) is 0 Å². The van der Waals surface area contributed by atoms with Gasteiger partial charge in [0, 0.05) is 38.0 Å². The van der Waals surface area contributed by atoms with Crippen molar-refractivity contribution >= 4 is 29.0 Å². The topological polar surface area (TPSA) is 93.9 Å². The van der Waals surface area contributed by atoms with E-state index in [2.05, 4.69) is 15.3 Å². The lowest BCUT2D eigenvalue weighted by atomic mass is 10.0. The van der Waals surface area contributed by atoms with Crippen LogP contribution in [0.3, 0.4) is 0 Å². The van der Waals surface area contributed by atoms with E-state index < -0.39 is 6.04 Å². The monoisotopic (exact) mass is 491 g/mol. The normalized spacial score (nSPS) is 11.9. The molecule has 2 N–H and O–H groups in total. The molecule has 0 aliphatic carbocycles. The summed E-state index contributed by atoms with van der Waals surface area (Å²) in [6.45, 7) is 0.512. The first-order valence-corrected chi connectivity index (χ1v) is 12.0. The number of hydrogen-bond donors (Lipinski definition) is 2. The molecule has 0 fully saturated rings. The van der Waals surface area contributed by atoms with Gasteiger partial charge in [-0.2, -0.15) is 0 Å². The van der Waals surface area contributed by atoms with Gasteiger partial charge in [0.25, 0.3) is 5.56 Å². The van der Waals surface area contributed by atoms with Gasteiger partial charge in [-0.05, 0) is 43.3 Å². The third-order valence-electron chi connectivity index (χ3n) is 6.05. The lowest BCUT2D eigenvalue weighted by Gasteiger charge is -2.21. The second kappa shape index (κ2) is 11.1. The van der Waals surface area contributed by atoms with Gasteiger partial charge in [-0.15, -0.1) is 0 Å². The number of benzene rings is 2. The first-order valence-electron chi connectivity index (χ1n) is 11.6. The van der Waals surface area contributed by atoms with E-state index in [-0.39, 0.29) is 11.5 Å². The van der Waals surface area contributed by atoms with Crippen molar-refractivity contribution in [2.75, 3.05) is 7.11 Å². The zero-order chi connectivity index (χ0) is 24.8. The number of nitrogens with zero attached hydrogens (tertiary/aromatic N) is 3. The molecule has 182 valence electrons. The summed E-state index contributed by atoms with van der Waals surface area (Å²) in [6, 6.07) is 14.5. The number of H-pyrrole nitrogens is 1. The Balaban J connectivity index is 1.36. The fraction of sp³-hybridized carbons (Fsp3) is 0.308. The molecule has 0 aliphatic rings. The zero-order valence-electron chi connectivity index (χ0n) is 19.9. The lowest BCUT2D eigenvalue weighted by Crippen LogP contribution is -2.31. The maximum absolute atomic E-state index is 12.9. The summed E-state index contributed by atoms with van der Waals surface area (Å²) in [6.07, 6.45) is 6.17. The highest BCUT2D eigenvalue weighted by molar-refractivity contribution is 7.71. The summed E-state index contributed by atoms with van der Waals surface area (Å²) in [4.78, 5) is 33.2. The number of methoxy groups -OCH3 is 1. The molecule has 0 saturated carbocycles. The van der Waals surface area contributed by atoms with Gasteiger partial charge >= 0.3 is 0 Å². The molecule has 4 aromatic rings. The van der Waals surface area contributed by atoms with Crippen molar-refractivity contribution in [3.63, 3.8) is 0 Å². The van der Waals surface area contributed by atoms with Crippen LogP contribution >= 0.6 is 12.2 Å². The quantitative estimate of drug-likeness (QED) is 0.255. The van der Waals surface area contributed by atoms with E-state index in [9.17, 15) is 9.59 Å². The van der Waals surface area contributed by atoms with Crippen molar-refractivity contribution in [3.8, 4) is 5.75 Å². The number of amides is 1. The molecule has 8 nitrogen and oxygen atoms in total. The summed E-state index contributed by atoms with van der Waals surface area (Å²) in [5, 5.41) is 3.74. The molecule has 0 spiro atoms. The fourth-order valence-electron chi connectivity index (χ4n) is 4.21. The van der Waals surface area contributed by atoms with E-state index in [0.717, 1.165) is 29.7 Å². The van der Waals surface area contributed by atoms with Crippen LogP contribution in [0.4, 0.5) is 0 Å². The van der Waals surface area contributed by atoms with Gasteiger partial charge in [0.2, 0.25) is 5.91 Å². The van der Waals surface area contributed by atoms with Gasteiger partial charge < -0.3 is 19.6 Å². The second-order valence-corrected chi connectivity index (χ2v) is 8.77. The first kappa shape index (κ1) is 24.4. The number of unbranched alkanes of at least 4 members (excludes halogenated alkanes) is 2. The molecule has 1 atom stereocenters. The molecule has 1 amide bonds. The van der Waals surface area contributed by atoms with Crippen LogP contribution < -0.4 is 15.6 Å². The number of aryl methyl sites for hydroxylation is 1. The van der Waals surface area contributed by atoms with Crippen molar-refractivity contribution in [3.05, 3.63) is 87.4 Å². The Morgan fingerprint density at radius 3 is 2.69 bits per heavy atom. The molecule has 0 saturated heterocycles. The lowest BCUT2D eigenvalue weighted by molar-refractivity contribution is -0.121. The van der Waals surface area contributed by atoms with Crippen molar-refractivity contribution in [1.82, 2.24) is 24.4 Å². The van der Waals surface area contributed by atoms with Crippen LogP contribution in [0.5, 0.6) is 5.75 Å². The van der Waals surface area contributed by atoms with Gasteiger partial charge in [-0.25, -0.2) is 4.98 Å². The van der Waals surface area contributed by atoms with Gasteiger partial charge in [0.1, 0.15) is 17.6 Å². The molecule has 2 aromatic heterocycles. The van der Waals surface area contributed by atoms with Crippen molar-refractivity contribution in [2.24, 2.45) is 7.05 Å². The van der Waals surface area contributed by atoms with E-state index in [1.807, 2.05) is 60.3 Å². The number of nitrogens with one attached hydrogen (secondary N) is 2. The number of hydrogen-bond acceptors (Lipinski definition) is 5. The Hall–Kier alpha value is -3.72. The minimum absolute atomic E-state index is 0.0657. The van der Waals surface area contributed by atoms with Crippen LogP contribution in [0, 0.1) is 4.77 Å². The Morgan fingerprint density at radius 2 is 1.91 bits per heavy atom. The number of carbonyl (C=O) groups excluding carboxylic acids is 1. The largest absolute Gasteiger partial charge is 0.496 e. The Labute approximate surface area is 208 Å². The number of ether oxygens (including phenoxy) is 1. The number of carbonyl (C=O) groups is 1. The number of aromatic nitrogens is 4. The Morgan fingerprint density at radius 1 is 1.14 bits per heavy atom. The summed E-state index contributed by atoms with van der Waals surface area (Å²) in [7, 11) is 3.51. The Bertz CT molecular complexity index is 1440. The maximum atomic E-state index is 12.9. The SMILES string of the molecule is COc1ccccc1C(NC(=O)CCCCCn1c(=S)[nH]c2ccccc2c1=O)c1nccn1C. The van der Waals surface area contributed by atoms with Crippen LogP contribution in [0.15, 0.2) is 65.7 Å². The summed E-state index contributed by atoms with van der Waals surface area (Å²) >= 11 is 5.38. The smallest absolute Gasteiger partial charge is 0.262 e. The first-order chi connectivity index (χ1) is 17.0. The molecular formula is C26H29N5O3S. The molecule has 0 radical (unpaired) electrons. The van der Waals surface area contributed by atoms with E-state index >= 15 is 0 Å². The Kier molecular flexibility index (Phi) is 7.77. The highest BCUT2D eigenvalue weighted by Gasteiger charge is 2.23. The highest BCUT2D eigenvalue weighted by Crippen LogP contribution is 2.29. The molecule has 1 unspecified atom stereocenters. The minimum atomic E-state index is -0.423. The van der Waals surface area contributed by atoms with E-state index in [0.29, 0.717) is 35.3 Å². The third-order valence-corrected chi connectivity index (χ3v) is 6.37. The number of imidazole rings is 1. The average molecular weight is 492 g/mol. The van der Waals surface area contributed by atoms with Crippen molar-refractivity contribution in [2.45, 2.75) is 38.3 Å². The van der Waals surface area contributed by atoms with Crippen molar-refractivity contribution in [1.29, 1.82) is 0 Å². The molecule has 2 heterocycles. The molecular weight excluding hydrogens is 462 g/mol. The molecule has 35 heavy (non-hydrogen) atoms. The zero-order valence-corrected chi connectivity index (χ0v) is 20.7. The second-order valence-electron chi connectivity index (χ2n) is 8.38. The third kappa shape index (κ3) is 5.51.